The lowest BCUT2D eigenvalue weighted by Crippen LogP contribution is -2.29. The number of halogens is 1. The number of carbonyl (C=O) groups excluding carboxylic acids is 1. The summed E-state index contributed by atoms with van der Waals surface area (Å²) >= 11 is 5.77. The molecule has 0 atom stereocenters. The number of benzene rings is 2. The Morgan fingerprint density at radius 3 is 2.00 bits per heavy atom. The third kappa shape index (κ3) is 3.00. The molecule has 0 heterocycles. The molecule has 4 nitrogen and oxygen atoms in total. The van der Waals surface area contributed by atoms with Crippen LogP contribution in [0.5, 0.6) is 11.5 Å². The molecule has 0 radical (unpaired) electrons. The zero-order valence-corrected chi connectivity index (χ0v) is 10.1. The summed E-state index contributed by atoms with van der Waals surface area (Å²) in [5.74, 6) is 6.00. The average molecular weight is 263 g/mol. The largest absolute Gasteiger partial charge is 0.457 e. The number of hydrogen-bond donors (Lipinski definition) is 2. The van der Waals surface area contributed by atoms with Crippen LogP contribution in [0, 0.1) is 0 Å². The summed E-state index contributed by atoms with van der Waals surface area (Å²) in [4.78, 5) is 11.2. The van der Waals surface area contributed by atoms with E-state index in [-0.39, 0.29) is 5.91 Å². The Kier molecular flexibility index (Phi) is 3.82. The van der Waals surface area contributed by atoms with Crippen molar-refractivity contribution in [2.75, 3.05) is 0 Å². The Balaban J connectivity index is 2.10. The van der Waals surface area contributed by atoms with Crippen molar-refractivity contribution in [3.63, 3.8) is 0 Å². The van der Waals surface area contributed by atoms with Gasteiger partial charge in [0.2, 0.25) is 0 Å². The highest BCUT2D eigenvalue weighted by Gasteiger charge is 2.03. The summed E-state index contributed by atoms with van der Waals surface area (Å²) in [7, 11) is 0. The van der Waals surface area contributed by atoms with E-state index >= 15 is 0 Å². The van der Waals surface area contributed by atoms with Gasteiger partial charge in [-0.2, -0.15) is 0 Å². The van der Waals surface area contributed by atoms with E-state index in [4.69, 9.17) is 22.2 Å². The van der Waals surface area contributed by atoms with Crippen molar-refractivity contribution in [3.8, 4) is 11.5 Å². The monoisotopic (exact) mass is 262 g/mol. The molecular weight excluding hydrogens is 252 g/mol. The Hall–Kier alpha value is -2.04. The van der Waals surface area contributed by atoms with Crippen molar-refractivity contribution in [2.24, 2.45) is 5.84 Å². The quantitative estimate of drug-likeness (QED) is 0.508. The van der Waals surface area contributed by atoms with E-state index in [0.29, 0.717) is 22.1 Å². The van der Waals surface area contributed by atoms with E-state index in [1.54, 1.807) is 48.5 Å². The van der Waals surface area contributed by atoms with Crippen molar-refractivity contribution in [1.29, 1.82) is 0 Å². The molecule has 2 aromatic carbocycles. The Morgan fingerprint density at radius 2 is 1.50 bits per heavy atom. The summed E-state index contributed by atoms with van der Waals surface area (Å²) in [6.45, 7) is 0. The van der Waals surface area contributed by atoms with Crippen molar-refractivity contribution in [2.45, 2.75) is 0 Å². The minimum atomic E-state index is -0.340. The molecule has 2 aromatic rings. The van der Waals surface area contributed by atoms with Gasteiger partial charge in [0.15, 0.2) is 0 Å². The molecular formula is C13H11ClN2O2. The number of nitrogens with one attached hydrogen (secondary N) is 1. The highest BCUT2D eigenvalue weighted by molar-refractivity contribution is 6.30. The molecule has 0 saturated carbocycles. The summed E-state index contributed by atoms with van der Waals surface area (Å²) < 4.78 is 5.58. The van der Waals surface area contributed by atoms with Crippen LogP contribution >= 0.6 is 11.6 Å². The predicted molar refractivity (Wildman–Crippen MR) is 69.6 cm³/mol. The van der Waals surface area contributed by atoms with Gasteiger partial charge in [-0.15, -0.1) is 0 Å². The number of hydrazine groups is 1. The first-order valence-corrected chi connectivity index (χ1v) is 5.61. The number of ether oxygens (including phenoxy) is 1. The summed E-state index contributed by atoms with van der Waals surface area (Å²) in [5, 5.41) is 0.650. The van der Waals surface area contributed by atoms with Crippen molar-refractivity contribution >= 4 is 17.5 Å². The molecule has 0 spiro atoms. The predicted octanol–water partition coefficient (Wildman–Crippen LogP) is 2.74. The number of nitrogen functional groups attached to an aromatic ring is 1. The van der Waals surface area contributed by atoms with E-state index < -0.39 is 0 Å². The van der Waals surface area contributed by atoms with Crippen LogP contribution in [0.15, 0.2) is 48.5 Å². The van der Waals surface area contributed by atoms with Crippen molar-refractivity contribution in [3.05, 3.63) is 59.1 Å². The Bertz CT molecular complexity index is 538. The molecule has 5 heteroatoms. The van der Waals surface area contributed by atoms with Crippen LogP contribution in [0.3, 0.4) is 0 Å². The third-order valence-electron chi connectivity index (χ3n) is 2.30. The number of rotatable bonds is 3. The van der Waals surface area contributed by atoms with Crippen molar-refractivity contribution in [1.82, 2.24) is 5.43 Å². The summed E-state index contributed by atoms with van der Waals surface area (Å²) in [5.41, 5.74) is 2.54. The Labute approximate surface area is 109 Å². The van der Waals surface area contributed by atoms with Gasteiger partial charge >= 0.3 is 0 Å². The zero-order valence-electron chi connectivity index (χ0n) is 9.39. The second-order valence-corrected chi connectivity index (χ2v) is 3.99. The minimum absolute atomic E-state index is 0.340. The van der Waals surface area contributed by atoms with Gasteiger partial charge in [0, 0.05) is 10.6 Å². The van der Waals surface area contributed by atoms with E-state index in [9.17, 15) is 4.79 Å². The molecule has 92 valence electrons. The third-order valence-corrected chi connectivity index (χ3v) is 2.55. The first-order valence-electron chi connectivity index (χ1n) is 5.23. The number of nitrogens with two attached hydrogens (primary N) is 1. The molecule has 0 aliphatic heterocycles. The van der Waals surface area contributed by atoms with E-state index in [1.165, 1.54) is 0 Å². The molecule has 0 aliphatic rings. The maximum absolute atomic E-state index is 11.2. The second-order valence-electron chi connectivity index (χ2n) is 3.55. The maximum atomic E-state index is 11.2. The van der Waals surface area contributed by atoms with Crippen LogP contribution in [0.1, 0.15) is 10.4 Å². The maximum Gasteiger partial charge on any atom is 0.265 e. The van der Waals surface area contributed by atoms with Gasteiger partial charge in [0.1, 0.15) is 11.5 Å². The van der Waals surface area contributed by atoms with Crippen LogP contribution in [0.4, 0.5) is 0 Å². The molecule has 0 unspecified atom stereocenters. The first-order chi connectivity index (χ1) is 8.69. The standard InChI is InChI=1S/C13H11ClN2O2/c14-10-3-7-12(8-4-10)18-11-5-1-9(2-6-11)13(17)16-15/h1-8H,15H2,(H,16,17). The summed E-state index contributed by atoms with van der Waals surface area (Å²) in [6.07, 6.45) is 0. The first kappa shape index (κ1) is 12.4. The molecule has 3 N–H and O–H groups in total. The van der Waals surface area contributed by atoms with Crippen LogP contribution in [-0.4, -0.2) is 5.91 Å². The fraction of sp³-hybridized carbons (Fsp3) is 0. The van der Waals surface area contributed by atoms with E-state index in [2.05, 4.69) is 5.43 Å². The van der Waals surface area contributed by atoms with Crippen LogP contribution in [-0.2, 0) is 0 Å². The molecule has 0 aromatic heterocycles. The zero-order chi connectivity index (χ0) is 13.0. The second kappa shape index (κ2) is 5.53. The van der Waals surface area contributed by atoms with Gasteiger partial charge in [0.25, 0.3) is 5.91 Å². The molecule has 0 bridgehead atoms. The van der Waals surface area contributed by atoms with Gasteiger partial charge in [-0.3, -0.25) is 10.2 Å². The average Bonchev–Trinajstić information content (AvgIpc) is 2.41. The minimum Gasteiger partial charge on any atom is -0.457 e. The molecule has 1 amide bonds. The highest BCUT2D eigenvalue weighted by Crippen LogP contribution is 2.23. The number of carbonyl (C=O) groups is 1. The normalized spacial score (nSPS) is 9.89. The van der Waals surface area contributed by atoms with Crippen LogP contribution in [0.2, 0.25) is 5.02 Å². The van der Waals surface area contributed by atoms with Gasteiger partial charge in [-0.25, -0.2) is 5.84 Å². The SMILES string of the molecule is NNC(=O)c1ccc(Oc2ccc(Cl)cc2)cc1. The molecule has 0 aliphatic carbocycles. The van der Waals surface area contributed by atoms with Crippen LogP contribution in [0.25, 0.3) is 0 Å². The molecule has 2 rings (SSSR count). The van der Waals surface area contributed by atoms with Gasteiger partial charge in [0.05, 0.1) is 0 Å². The fourth-order valence-corrected chi connectivity index (χ4v) is 1.52. The molecule has 0 fully saturated rings. The van der Waals surface area contributed by atoms with Gasteiger partial charge in [-0.05, 0) is 48.5 Å². The molecule has 0 saturated heterocycles. The number of hydrogen-bond acceptors (Lipinski definition) is 3. The smallest absolute Gasteiger partial charge is 0.265 e. The van der Waals surface area contributed by atoms with Gasteiger partial charge < -0.3 is 4.74 Å². The van der Waals surface area contributed by atoms with Gasteiger partial charge in [-0.1, -0.05) is 11.6 Å². The van der Waals surface area contributed by atoms with Crippen LogP contribution < -0.4 is 16.0 Å². The van der Waals surface area contributed by atoms with Crippen molar-refractivity contribution < 1.29 is 9.53 Å². The molecule has 18 heavy (non-hydrogen) atoms. The fourth-order valence-electron chi connectivity index (χ4n) is 1.40. The topological polar surface area (TPSA) is 64.3 Å². The lowest BCUT2D eigenvalue weighted by molar-refractivity contribution is 0.0953. The summed E-state index contributed by atoms with van der Waals surface area (Å²) in [6, 6.07) is 13.7. The lowest BCUT2D eigenvalue weighted by Gasteiger charge is -2.06. The van der Waals surface area contributed by atoms with E-state index in [1.807, 2.05) is 0 Å². The highest BCUT2D eigenvalue weighted by atomic mass is 35.5. The Morgan fingerprint density at radius 1 is 1.00 bits per heavy atom. The van der Waals surface area contributed by atoms with E-state index in [0.717, 1.165) is 0 Å². The lowest BCUT2D eigenvalue weighted by atomic mass is 10.2. The number of amides is 1.